The summed E-state index contributed by atoms with van der Waals surface area (Å²) in [5, 5.41) is 20.0. The summed E-state index contributed by atoms with van der Waals surface area (Å²) in [6.07, 6.45) is 0.784. The minimum absolute atomic E-state index is 0.171. The number of hydrogen-bond donors (Lipinski definition) is 1. The molecule has 0 spiro atoms. The van der Waals surface area contributed by atoms with E-state index in [1.807, 2.05) is 39.8 Å². The number of amides is 1. The molecule has 8 nitrogen and oxygen atoms in total. The highest BCUT2D eigenvalue weighted by molar-refractivity contribution is 5.91. The normalized spacial score (nSPS) is 11.2. The summed E-state index contributed by atoms with van der Waals surface area (Å²) in [7, 11) is 0. The van der Waals surface area contributed by atoms with Gasteiger partial charge in [0.05, 0.1) is 5.69 Å². The van der Waals surface area contributed by atoms with Crippen LogP contribution in [0.25, 0.3) is 11.5 Å². The van der Waals surface area contributed by atoms with Gasteiger partial charge in [0.2, 0.25) is 5.91 Å². The van der Waals surface area contributed by atoms with Crippen molar-refractivity contribution in [2.75, 3.05) is 5.32 Å². The first kappa shape index (κ1) is 19.7. The molecule has 0 saturated heterocycles. The van der Waals surface area contributed by atoms with E-state index in [0.29, 0.717) is 29.4 Å². The quantitative estimate of drug-likeness (QED) is 0.548. The minimum Gasteiger partial charge on any atom is -0.326 e. The van der Waals surface area contributed by atoms with Crippen molar-refractivity contribution in [3.05, 3.63) is 64.5 Å². The smallest absolute Gasteiger partial charge is 0.224 e. The standard InChI is InChI=1S/C21H22FN7O/c1-12-5-6-16(22)11-18(12)23-21(30)10-7-17-13(2)26-28(14(17)3)20-9-8-19-25-24-15(4)29(19)27-20/h5-6,8-9,11H,7,10H2,1-4H3,(H,23,30). The van der Waals surface area contributed by atoms with Crippen molar-refractivity contribution < 1.29 is 9.18 Å². The summed E-state index contributed by atoms with van der Waals surface area (Å²) in [6, 6.07) is 8.03. The van der Waals surface area contributed by atoms with Crippen LogP contribution in [0.1, 0.15) is 34.8 Å². The van der Waals surface area contributed by atoms with Gasteiger partial charge in [0.15, 0.2) is 17.3 Å². The Morgan fingerprint density at radius 3 is 2.67 bits per heavy atom. The SMILES string of the molecule is Cc1ccc(F)cc1NC(=O)CCc1c(C)nn(-c2ccc3nnc(C)n3n2)c1C. The summed E-state index contributed by atoms with van der Waals surface area (Å²) in [6.45, 7) is 7.53. The van der Waals surface area contributed by atoms with Crippen LogP contribution in [-0.2, 0) is 11.2 Å². The number of carbonyl (C=O) groups is 1. The number of carbonyl (C=O) groups excluding carboxylic acids is 1. The molecule has 4 rings (SSSR count). The van der Waals surface area contributed by atoms with Gasteiger partial charge in [-0.2, -0.15) is 9.61 Å². The Morgan fingerprint density at radius 1 is 1.07 bits per heavy atom. The number of hydrogen-bond acceptors (Lipinski definition) is 5. The van der Waals surface area contributed by atoms with Crippen molar-refractivity contribution in [2.24, 2.45) is 0 Å². The minimum atomic E-state index is -0.378. The molecule has 0 fully saturated rings. The molecule has 9 heteroatoms. The summed E-state index contributed by atoms with van der Waals surface area (Å²) < 4.78 is 16.9. The van der Waals surface area contributed by atoms with Crippen LogP contribution in [0.2, 0.25) is 0 Å². The number of aryl methyl sites for hydroxylation is 3. The summed E-state index contributed by atoms with van der Waals surface area (Å²) in [5.74, 6) is 0.793. The van der Waals surface area contributed by atoms with Gasteiger partial charge in [0.1, 0.15) is 5.82 Å². The topological polar surface area (TPSA) is 90.0 Å². The third kappa shape index (κ3) is 3.66. The van der Waals surface area contributed by atoms with E-state index in [1.54, 1.807) is 15.3 Å². The molecule has 3 aromatic heterocycles. The van der Waals surface area contributed by atoms with E-state index in [9.17, 15) is 9.18 Å². The molecule has 0 unspecified atom stereocenters. The monoisotopic (exact) mass is 407 g/mol. The van der Waals surface area contributed by atoms with Crippen LogP contribution < -0.4 is 5.32 Å². The van der Waals surface area contributed by atoms with Gasteiger partial charge in [0.25, 0.3) is 0 Å². The first-order chi connectivity index (χ1) is 14.3. The van der Waals surface area contributed by atoms with Crippen LogP contribution in [0.15, 0.2) is 30.3 Å². The first-order valence-corrected chi connectivity index (χ1v) is 9.64. The number of aromatic nitrogens is 6. The lowest BCUT2D eigenvalue weighted by atomic mass is 10.1. The average molecular weight is 407 g/mol. The Balaban J connectivity index is 1.52. The van der Waals surface area contributed by atoms with Crippen molar-refractivity contribution in [1.29, 1.82) is 0 Å². The Labute approximate surface area is 172 Å². The second-order valence-electron chi connectivity index (χ2n) is 7.28. The van der Waals surface area contributed by atoms with E-state index in [2.05, 4.69) is 25.7 Å². The zero-order chi connectivity index (χ0) is 21.4. The molecule has 1 N–H and O–H groups in total. The van der Waals surface area contributed by atoms with E-state index in [4.69, 9.17) is 0 Å². The van der Waals surface area contributed by atoms with Gasteiger partial charge in [0, 0.05) is 17.8 Å². The van der Waals surface area contributed by atoms with E-state index in [-0.39, 0.29) is 18.1 Å². The molecule has 0 aliphatic heterocycles. The van der Waals surface area contributed by atoms with E-state index < -0.39 is 0 Å². The number of halogens is 1. The molecule has 0 bridgehead atoms. The largest absolute Gasteiger partial charge is 0.326 e. The maximum Gasteiger partial charge on any atom is 0.224 e. The maximum absolute atomic E-state index is 13.4. The third-order valence-corrected chi connectivity index (χ3v) is 5.14. The number of nitrogens with zero attached hydrogens (tertiary/aromatic N) is 6. The number of fused-ring (bicyclic) bond motifs is 1. The second-order valence-corrected chi connectivity index (χ2v) is 7.28. The van der Waals surface area contributed by atoms with Gasteiger partial charge >= 0.3 is 0 Å². The first-order valence-electron chi connectivity index (χ1n) is 9.64. The molecule has 0 aliphatic rings. The van der Waals surface area contributed by atoms with Crippen LogP contribution in [0.4, 0.5) is 10.1 Å². The van der Waals surface area contributed by atoms with Crippen molar-refractivity contribution in [3.63, 3.8) is 0 Å². The van der Waals surface area contributed by atoms with Crippen molar-refractivity contribution in [3.8, 4) is 5.82 Å². The Hall–Kier alpha value is -3.62. The van der Waals surface area contributed by atoms with Crippen LogP contribution in [0, 0.1) is 33.5 Å². The lowest BCUT2D eigenvalue weighted by Crippen LogP contribution is -2.14. The van der Waals surface area contributed by atoms with Crippen molar-refractivity contribution in [1.82, 2.24) is 29.6 Å². The molecular weight excluding hydrogens is 385 g/mol. The van der Waals surface area contributed by atoms with Crippen LogP contribution >= 0.6 is 0 Å². The Morgan fingerprint density at radius 2 is 1.87 bits per heavy atom. The highest BCUT2D eigenvalue weighted by Crippen LogP contribution is 2.20. The fraction of sp³-hybridized carbons (Fsp3) is 0.286. The lowest BCUT2D eigenvalue weighted by molar-refractivity contribution is -0.116. The zero-order valence-electron chi connectivity index (χ0n) is 17.3. The van der Waals surface area contributed by atoms with Crippen LogP contribution in [0.3, 0.4) is 0 Å². The van der Waals surface area contributed by atoms with Gasteiger partial charge in [-0.3, -0.25) is 4.79 Å². The molecule has 0 radical (unpaired) electrons. The molecular formula is C21H22FN7O. The summed E-state index contributed by atoms with van der Waals surface area (Å²) >= 11 is 0. The van der Waals surface area contributed by atoms with Gasteiger partial charge in [-0.15, -0.1) is 15.3 Å². The van der Waals surface area contributed by atoms with Crippen molar-refractivity contribution in [2.45, 2.75) is 40.5 Å². The maximum atomic E-state index is 13.4. The van der Waals surface area contributed by atoms with Crippen LogP contribution in [0.5, 0.6) is 0 Å². The molecule has 30 heavy (non-hydrogen) atoms. The second kappa shape index (κ2) is 7.66. The zero-order valence-corrected chi connectivity index (χ0v) is 17.3. The fourth-order valence-corrected chi connectivity index (χ4v) is 3.44. The van der Waals surface area contributed by atoms with Crippen LogP contribution in [-0.4, -0.2) is 35.5 Å². The highest BCUT2D eigenvalue weighted by Gasteiger charge is 2.16. The molecule has 154 valence electrons. The molecule has 1 aromatic carbocycles. The molecule has 0 saturated carbocycles. The average Bonchev–Trinajstić information content (AvgIpc) is 3.22. The van der Waals surface area contributed by atoms with E-state index >= 15 is 0 Å². The summed E-state index contributed by atoms with van der Waals surface area (Å²) in [4.78, 5) is 12.4. The number of benzene rings is 1. The lowest BCUT2D eigenvalue weighted by Gasteiger charge is -2.09. The van der Waals surface area contributed by atoms with Gasteiger partial charge in [-0.05, 0) is 69.5 Å². The van der Waals surface area contributed by atoms with Gasteiger partial charge in [-0.1, -0.05) is 6.07 Å². The predicted molar refractivity (Wildman–Crippen MR) is 110 cm³/mol. The number of nitrogens with one attached hydrogen (secondary N) is 1. The van der Waals surface area contributed by atoms with E-state index in [0.717, 1.165) is 22.5 Å². The number of rotatable bonds is 5. The molecule has 3 heterocycles. The molecule has 0 aliphatic carbocycles. The fourth-order valence-electron chi connectivity index (χ4n) is 3.44. The van der Waals surface area contributed by atoms with Gasteiger partial charge < -0.3 is 5.32 Å². The number of anilines is 1. The predicted octanol–water partition coefficient (Wildman–Crippen LogP) is 3.25. The molecule has 0 atom stereocenters. The van der Waals surface area contributed by atoms with Crippen molar-refractivity contribution >= 4 is 17.2 Å². The molecule has 4 aromatic rings. The third-order valence-electron chi connectivity index (χ3n) is 5.14. The Kier molecular flexibility index (Phi) is 5.03. The molecule has 1 amide bonds. The Bertz CT molecular complexity index is 1260. The van der Waals surface area contributed by atoms with E-state index in [1.165, 1.54) is 12.1 Å². The summed E-state index contributed by atoms with van der Waals surface area (Å²) in [5.41, 5.74) is 4.72. The van der Waals surface area contributed by atoms with Gasteiger partial charge in [-0.25, -0.2) is 9.07 Å². The highest BCUT2D eigenvalue weighted by atomic mass is 19.1.